The molecule has 8 heteroatoms. The van der Waals surface area contributed by atoms with Crippen molar-refractivity contribution in [2.75, 3.05) is 17.6 Å². The Morgan fingerprint density at radius 3 is 2.45 bits per heavy atom. The minimum atomic E-state index is -1.03. The summed E-state index contributed by atoms with van der Waals surface area (Å²) in [5.74, 6) is -0.213. The fourth-order valence-electron chi connectivity index (χ4n) is 3.54. The summed E-state index contributed by atoms with van der Waals surface area (Å²) in [5, 5.41) is 14.6. The number of hydrogen-bond donors (Lipinski definition) is 2. The molecule has 4 rings (SSSR count). The SMILES string of the molecule is CONc1cc(C)c(C)cc1-c1ccc(/C=C2/C(=O)N(c3ccc(C(=O)O)cc3)N=C2C)o1. The van der Waals surface area contributed by atoms with Gasteiger partial charge in [0.05, 0.1) is 35.3 Å². The molecule has 2 N–H and O–H groups in total. The number of carbonyl (C=O) groups excluding carboxylic acids is 1. The van der Waals surface area contributed by atoms with Gasteiger partial charge in [0.1, 0.15) is 11.5 Å². The normalized spacial score (nSPS) is 14.7. The highest BCUT2D eigenvalue weighted by atomic mass is 16.6. The Morgan fingerprint density at radius 2 is 1.79 bits per heavy atom. The van der Waals surface area contributed by atoms with Gasteiger partial charge in [-0.25, -0.2) is 4.79 Å². The lowest BCUT2D eigenvalue weighted by molar-refractivity contribution is -0.114. The Bertz CT molecular complexity index is 1300. The smallest absolute Gasteiger partial charge is 0.335 e. The van der Waals surface area contributed by atoms with Gasteiger partial charge in [-0.3, -0.25) is 15.1 Å². The van der Waals surface area contributed by atoms with Gasteiger partial charge in [-0.2, -0.15) is 10.1 Å². The Hall–Kier alpha value is -4.17. The number of nitrogens with zero attached hydrogens (tertiary/aromatic N) is 2. The van der Waals surface area contributed by atoms with E-state index in [9.17, 15) is 9.59 Å². The van der Waals surface area contributed by atoms with Crippen LogP contribution in [0.3, 0.4) is 0 Å². The van der Waals surface area contributed by atoms with Crippen LogP contribution in [0.4, 0.5) is 11.4 Å². The molecular formula is C25H23N3O5. The molecule has 0 atom stereocenters. The molecule has 0 radical (unpaired) electrons. The van der Waals surface area contributed by atoms with Crippen molar-refractivity contribution in [3.8, 4) is 11.3 Å². The Kier molecular flexibility index (Phi) is 5.85. The molecule has 0 saturated carbocycles. The zero-order chi connectivity index (χ0) is 23.7. The third-order valence-corrected chi connectivity index (χ3v) is 5.45. The van der Waals surface area contributed by atoms with Gasteiger partial charge in [0, 0.05) is 5.56 Å². The average molecular weight is 445 g/mol. The lowest BCUT2D eigenvalue weighted by Gasteiger charge is -2.12. The van der Waals surface area contributed by atoms with Crippen LogP contribution >= 0.6 is 0 Å². The summed E-state index contributed by atoms with van der Waals surface area (Å²) < 4.78 is 6.03. The first-order valence-corrected chi connectivity index (χ1v) is 10.2. The first-order chi connectivity index (χ1) is 15.8. The van der Waals surface area contributed by atoms with Gasteiger partial charge in [0.15, 0.2) is 0 Å². The van der Waals surface area contributed by atoms with Crippen molar-refractivity contribution in [2.45, 2.75) is 20.8 Å². The van der Waals surface area contributed by atoms with Crippen LogP contribution in [0.5, 0.6) is 0 Å². The quantitative estimate of drug-likeness (QED) is 0.407. The number of carbonyl (C=O) groups is 2. The van der Waals surface area contributed by atoms with E-state index in [1.807, 2.05) is 32.0 Å². The van der Waals surface area contributed by atoms with Crippen LogP contribution < -0.4 is 10.5 Å². The molecule has 0 unspecified atom stereocenters. The van der Waals surface area contributed by atoms with E-state index in [-0.39, 0.29) is 11.5 Å². The lowest BCUT2D eigenvalue weighted by Crippen LogP contribution is -2.21. The van der Waals surface area contributed by atoms with Crippen LogP contribution in [0.25, 0.3) is 17.4 Å². The summed E-state index contributed by atoms with van der Waals surface area (Å²) in [7, 11) is 1.55. The lowest BCUT2D eigenvalue weighted by atomic mass is 10.0. The Labute approximate surface area is 190 Å². The van der Waals surface area contributed by atoms with E-state index in [0.29, 0.717) is 28.5 Å². The van der Waals surface area contributed by atoms with E-state index in [1.54, 1.807) is 38.3 Å². The van der Waals surface area contributed by atoms with Gasteiger partial charge in [-0.15, -0.1) is 0 Å². The molecule has 0 bridgehead atoms. The van der Waals surface area contributed by atoms with Gasteiger partial charge in [-0.1, -0.05) is 0 Å². The van der Waals surface area contributed by atoms with E-state index < -0.39 is 5.97 Å². The Balaban J connectivity index is 1.62. The molecule has 1 amide bonds. The molecular weight excluding hydrogens is 422 g/mol. The highest BCUT2D eigenvalue weighted by Gasteiger charge is 2.29. The molecule has 3 aromatic rings. The predicted molar refractivity (Wildman–Crippen MR) is 126 cm³/mol. The zero-order valence-corrected chi connectivity index (χ0v) is 18.7. The van der Waals surface area contributed by atoms with Gasteiger partial charge < -0.3 is 9.52 Å². The number of aryl methyl sites for hydroxylation is 2. The molecule has 0 fully saturated rings. The number of furan rings is 1. The van der Waals surface area contributed by atoms with Crippen LogP contribution in [-0.4, -0.2) is 29.8 Å². The van der Waals surface area contributed by atoms with Crippen LogP contribution in [0.1, 0.15) is 34.2 Å². The largest absolute Gasteiger partial charge is 0.478 e. The van der Waals surface area contributed by atoms with Gasteiger partial charge in [0.25, 0.3) is 5.91 Å². The third kappa shape index (κ3) is 4.28. The standard InChI is InChI=1S/C25H23N3O5/c1-14-11-21(22(27-32-4)12-15(14)2)23-10-9-19(33-23)13-20-16(3)26-28(24(20)29)18-7-5-17(6-8-18)25(30)31/h5-13,27H,1-4H3,(H,30,31)/b20-13+. The molecule has 0 saturated heterocycles. The fraction of sp³-hybridized carbons (Fsp3) is 0.160. The maximum Gasteiger partial charge on any atom is 0.335 e. The second-order valence-electron chi connectivity index (χ2n) is 7.70. The number of carboxylic acid groups (broad SMARTS) is 1. The number of aromatic carboxylic acids is 1. The molecule has 1 aromatic heterocycles. The number of carboxylic acids is 1. The first kappa shape index (κ1) is 22.0. The molecule has 0 aliphatic carbocycles. The van der Waals surface area contributed by atoms with Crippen molar-refractivity contribution in [3.63, 3.8) is 0 Å². The summed E-state index contributed by atoms with van der Waals surface area (Å²) >= 11 is 0. The van der Waals surface area contributed by atoms with Crippen molar-refractivity contribution < 1.29 is 24.0 Å². The topological polar surface area (TPSA) is 104 Å². The van der Waals surface area contributed by atoms with E-state index in [1.165, 1.54) is 17.1 Å². The molecule has 0 spiro atoms. The summed E-state index contributed by atoms with van der Waals surface area (Å²) in [4.78, 5) is 29.2. The van der Waals surface area contributed by atoms with E-state index in [2.05, 4.69) is 10.6 Å². The van der Waals surface area contributed by atoms with Crippen molar-refractivity contribution in [1.29, 1.82) is 0 Å². The van der Waals surface area contributed by atoms with Crippen LogP contribution in [0.15, 0.2) is 63.6 Å². The number of amides is 1. The number of anilines is 2. The summed E-state index contributed by atoms with van der Waals surface area (Å²) in [6.07, 6.45) is 1.65. The summed E-state index contributed by atoms with van der Waals surface area (Å²) in [6.45, 7) is 5.78. The van der Waals surface area contributed by atoms with E-state index >= 15 is 0 Å². The fourth-order valence-corrected chi connectivity index (χ4v) is 3.54. The molecule has 8 nitrogen and oxygen atoms in total. The number of nitrogens with one attached hydrogen (secondary N) is 1. The second kappa shape index (κ2) is 8.76. The summed E-state index contributed by atoms with van der Waals surface area (Å²) in [6, 6.07) is 13.6. The van der Waals surface area contributed by atoms with Crippen molar-refractivity contribution in [3.05, 3.63) is 76.6 Å². The molecule has 1 aliphatic rings. The molecule has 2 aromatic carbocycles. The Morgan fingerprint density at radius 1 is 1.09 bits per heavy atom. The maximum atomic E-state index is 13.0. The first-order valence-electron chi connectivity index (χ1n) is 10.2. The van der Waals surface area contributed by atoms with Gasteiger partial charge >= 0.3 is 5.97 Å². The minimum absolute atomic E-state index is 0.138. The van der Waals surface area contributed by atoms with Crippen LogP contribution in [0, 0.1) is 13.8 Å². The van der Waals surface area contributed by atoms with Gasteiger partial charge in [-0.05, 0) is 86.5 Å². The highest BCUT2D eigenvalue weighted by Crippen LogP contribution is 2.33. The average Bonchev–Trinajstić information content (AvgIpc) is 3.36. The monoisotopic (exact) mass is 445 g/mol. The number of rotatable bonds is 6. The maximum absolute atomic E-state index is 13.0. The summed E-state index contributed by atoms with van der Waals surface area (Å²) in [5.41, 5.74) is 8.28. The number of benzene rings is 2. The predicted octanol–water partition coefficient (Wildman–Crippen LogP) is 5.04. The zero-order valence-electron chi connectivity index (χ0n) is 18.7. The van der Waals surface area contributed by atoms with E-state index in [0.717, 1.165) is 22.4 Å². The van der Waals surface area contributed by atoms with Crippen molar-refractivity contribution in [2.24, 2.45) is 5.10 Å². The molecule has 1 aliphatic heterocycles. The number of hydrazone groups is 1. The second-order valence-corrected chi connectivity index (χ2v) is 7.70. The minimum Gasteiger partial charge on any atom is -0.478 e. The third-order valence-electron chi connectivity index (χ3n) is 5.45. The van der Waals surface area contributed by atoms with Crippen molar-refractivity contribution in [1.82, 2.24) is 0 Å². The van der Waals surface area contributed by atoms with Crippen LogP contribution in [0.2, 0.25) is 0 Å². The highest BCUT2D eigenvalue weighted by molar-refractivity contribution is 6.32. The molecule has 2 heterocycles. The van der Waals surface area contributed by atoms with Gasteiger partial charge in [0.2, 0.25) is 0 Å². The van der Waals surface area contributed by atoms with E-state index in [4.69, 9.17) is 14.4 Å². The van der Waals surface area contributed by atoms with Crippen molar-refractivity contribution >= 4 is 35.0 Å². The molecule has 168 valence electrons. The molecule has 33 heavy (non-hydrogen) atoms. The number of hydrogen-bond acceptors (Lipinski definition) is 6. The van der Waals surface area contributed by atoms with Crippen LogP contribution in [-0.2, 0) is 9.63 Å².